The molecule has 130 valence electrons. The topological polar surface area (TPSA) is 71.5 Å². The molecule has 3 heterocycles. The van der Waals surface area contributed by atoms with Gasteiger partial charge in [0.1, 0.15) is 0 Å². The minimum absolute atomic E-state index is 0.00257. The molecule has 1 aromatic rings. The van der Waals surface area contributed by atoms with E-state index in [4.69, 9.17) is 4.74 Å². The van der Waals surface area contributed by atoms with E-state index < -0.39 is 0 Å². The number of hydrogen-bond acceptors (Lipinski definition) is 4. The molecule has 2 atom stereocenters. The van der Waals surface area contributed by atoms with Crippen LogP contribution in [0.4, 0.5) is 0 Å². The maximum Gasteiger partial charge on any atom is 0.223 e. The van der Waals surface area contributed by atoms with Crippen molar-refractivity contribution in [3.8, 4) is 0 Å². The minimum Gasteiger partial charge on any atom is -0.379 e. The number of pyridine rings is 1. The molecular weight excluding hydrogens is 306 g/mol. The fraction of sp³-hybridized carbons (Fsp3) is 0.611. The van der Waals surface area contributed by atoms with Gasteiger partial charge in [0.25, 0.3) is 0 Å². The first-order valence-electron chi connectivity index (χ1n) is 8.66. The van der Waals surface area contributed by atoms with Crippen LogP contribution in [0.15, 0.2) is 24.5 Å². The summed E-state index contributed by atoms with van der Waals surface area (Å²) in [6.07, 6.45) is 5.96. The predicted octanol–water partition coefficient (Wildman–Crippen LogP) is 1.01. The van der Waals surface area contributed by atoms with Crippen LogP contribution in [0.5, 0.6) is 0 Å². The van der Waals surface area contributed by atoms with E-state index in [1.807, 2.05) is 17.0 Å². The van der Waals surface area contributed by atoms with Crippen LogP contribution in [0.2, 0.25) is 0 Å². The van der Waals surface area contributed by atoms with Crippen molar-refractivity contribution in [2.45, 2.75) is 32.2 Å². The highest BCUT2D eigenvalue weighted by Gasteiger charge is 2.33. The first-order chi connectivity index (χ1) is 11.6. The monoisotopic (exact) mass is 331 g/mol. The number of carbonyl (C=O) groups excluding carboxylic acids is 2. The van der Waals surface area contributed by atoms with Crippen molar-refractivity contribution < 1.29 is 14.3 Å². The third kappa shape index (κ3) is 4.12. The van der Waals surface area contributed by atoms with Gasteiger partial charge in [0.05, 0.1) is 19.3 Å². The molecule has 1 N–H and O–H groups in total. The molecule has 0 spiro atoms. The molecule has 0 aromatic carbocycles. The van der Waals surface area contributed by atoms with E-state index in [0.29, 0.717) is 32.2 Å². The van der Waals surface area contributed by atoms with E-state index in [2.05, 4.69) is 10.3 Å². The fourth-order valence-electron chi connectivity index (χ4n) is 3.54. The molecule has 6 nitrogen and oxygen atoms in total. The maximum absolute atomic E-state index is 12.5. The van der Waals surface area contributed by atoms with E-state index >= 15 is 0 Å². The van der Waals surface area contributed by atoms with Gasteiger partial charge in [0, 0.05) is 44.2 Å². The molecule has 2 amide bonds. The largest absolute Gasteiger partial charge is 0.379 e. The highest BCUT2D eigenvalue weighted by molar-refractivity contribution is 5.80. The van der Waals surface area contributed by atoms with Crippen LogP contribution >= 0.6 is 0 Å². The molecule has 2 fully saturated rings. The Bertz CT molecular complexity index is 570. The Morgan fingerprint density at radius 1 is 1.25 bits per heavy atom. The van der Waals surface area contributed by atoms with Crippen LogP contribution in [0.1, 0.15) is 25.3 Å². The van der Waals surface area contributed by atoms with Gasteiger partial charge in [-0.15, -0.1) is 0 Å². The third-order valence-electron chi connectivity index (χ3n) is 5.08. The van der Waals surface area contributed by atoms with Crippen LogP contribution in [-0.2, 0) is 20.7 Å². The van der Waals surface area contributed by atoms with Gasteiger partial charge < -0.3 is 15.0 Å². The molecule has 24 heavy (non-hydrogen) atoms. The molecule has 2 aliphatic heterocycles. The van der Waals surface area contributed by atoms with Gasteiger partial charge in [-0.2, -0.15) is 0 Å². The highest BCUT2D eigenvalue weighted by Crippen LogP contribution is 2.22. The molecule has 3 rings (SSSR count). The number of likely N-dealkylation sites (tertiary alicyclic amines) is 1. The molecule has 2 saturated heterocycles. The van der Waals surface area contributed by atoms with E-state index in [-0.39, 0.29) is 23.8 Å². The van der Waals surface area contributed by atoms with E-state index in [0.717, 1.165) is 19.3 Å². The van der Waals surface area contributed by atoms with Gasteiger partial charge in [-0.05, 0) is 37.0 Å². The SMILES string of the molecule is CC(=O)N1CCC(C(=O)NC2COCC2Cc2ccncc2)CC1. The van der Waals surface area contributed by atoms with E-state index in [9.17, 15) is 9.59 Å². The van der Waals surface area contributed by atoms with Crippen molar-refractivity contribution >= 4 is 11.8 Å². The summed E-state index contributed by atoms with van der Waals surface area (Å²) >= 11 is 0. The second-order valence-corrected chi connectivity index (χ2v) is 6.75. The average Bonchev–Trinajstić information content (AvgIpc) is 3.02. The zero-order valence-electron chi connectivity index (χ0n) is 14.1. The number of nitrogens with one attached hydrogen (secondary N) is 1. The Balaban J connectivity index is 1.51. The van der Waals surface area contributed by atoms with Crippen LogP contribution < -0.4 is 5.32 Å². The summed E-state index contributed by atoms with van der Waals surface area (Å²) in [4.78, 5) is 29.8. The number of amides is 2. The molecule has 6 heteroatoms. The first kappa shape index (κ1) is 16.9. The van der Waals surface area contributed by atoms with E-state index in [1.165, 1.54) is 5.56 Å². The summed E-state index contributed by atoms with van der Waals surface area (Å²) in [6, 6.07) is 4.08. The second-order valence-electron chi connectivity index (χ2n) is 6.75. The Kier molecular flexibility index (Phi) is 5.45. The second kappa shape index (κ2) is 7.75. The van der Waals surface area contributed by atoms with E-state index in [1.54, 1.807) is 19.3 Å². The lowest BCUT2D eigenvalue weighted by Gasteiger charge is -2.31. The van der Waals surface area contributed by atoms with Crippen molar-refractivity contribution in [3.63, 3.8) is 0 Å². The normalized spacial score (nSPS) is 24.8. The fourth-order valence-corrected chi connectivity index (χ4v) is 3.54. The van der Waals surface area contributed by atoms with Gasteiger partial charge in [-0.25, -0.2) is 0 Å². The lowest BCUT2D eigenvalue weighted by Crippen LogP contribution is -2.47. The lowest BCUT2D eigenvalue weighted by atomic mass is 9.92. The molecule has 0 bridgehead atoms. The maximum atomic E-state index is 12.5. The predicted molar refractivity (Wildman–Crippen MR) is 89.2 cm³/mol. The number of carbonyl (C=O) groups is 2. The summed E-state index contributed by atoms with van der Waals surface area (Å²) in [7, 11) is 0. The van der Waals surface area contributed by atoms with Gasteiger partial charge in [0.15, 0.2) is 0 Å². The van der Waals surface area contributed by atoms with Crippen LogP contribution in [-0.4, -0.2) is 54.0 Å². The zero-order chi connectivity index (χ0) is 16.9. The molecular formula is C18H25N3O3. The highest BCUT2D eigenvalue weighted by atomic mass is 16.5. The summed E-state index contributed by atoms with van der Waals surface area (Å²) in [5, 5.41) is 3.18. The van der Waals surface area contributed by atoms with Crippen molar-refractivity contribution in [1.82, 2.24) is 15.2 Å². The van der Waals surface area contributed by atoms with Crippen LogP contribution in [0.25, 0.3) is 0 Å². The molecule has 0 saturated carbocycles. The summed E-state index contributed by atoms with van der Waals surface area (Å²) in [5.41, 5.74) is 1.22. The third-order valence-corrected chi connectivity index (χ3v) is 5.08. The van der Waals surface area contributed by atoms with Gasteiger partial charge >= 0.3 is 0 Å². The summed E-state index contributed by atoms with van der Waals surface area (Å²) in [6.45, 7) is 4.19. The van der Waals surface area contributed by atoms with Gasteiger partial charge in [-0.3, -0.25) is 14.6 Å². The number of nitrogens with zero attached hydrogens (tertiary/aromatic N) is 2. The van der Waals surface area contributed by atoms with Gasteiger partial charge in [0.2, 0.25) is 11.8 Å². The first-order valence-corrected chi connectivity index (χ1v) is 8.66. The van der Waals surface area contributed by atoms with Crippen molar-refractivity contribution in [2.75, 3.05) is 26.3 Å². The van der Waals surface area contributed by atoms with Crippen molar-refractivity contribution in [3.05, 3.63) is 30.1 Å². The zero-order valence-corrected chi connectivity index (χ0v) is 14.1. The van der Waals surface area contributed by atoms with Crippen LogP contribution in [0.3, 0.4) is 0 Å². The summed E-state index contributed by atoms with van der Waals surface area (Å²) < 4.78 is 5.60. The Morgan fingerprint density at radius 3 is 2.62 bits per heavy atom. The number of hydrogen-bond donors (Lipinski definition) is 1. The molecule has 2 unspecified atom stereocenters. The Hall–Kier alpha value is -1.95. The summed E-state index contributed by atoms with van der Waals surface area (Å²) in [5.74, 6) is 0.500. The molecule has 0 aliphatic carbocycles. The molecule has 1 aromatic heterocycles. The number of ether oxygens (including phenoxy) is 1. The number of rotatable bonds is 4. The van der Waals surface area contributed by atoms with Crippen molar-refractivity contribution in [1.29, 1.82) is 0 Å². The average molecular weight is 331 g/mol. The molecule has 2 aliphatic rings. The van der Waals surface area contributed by atoms with Crippen molar-refractivity contribution in [2.24, 2.45) is 11.8 Å². The smallest absolute Gasteiger partial charge is 0.223 e. The Labute approximate surface area is 142 Å². The Morgan fingerprint density at radius 2 is 1.96 bits per heavy atom. The van der Waals surface area contributed by atoms with Gasteiger partial charge in [-0.1, -0.05) is 0 Å². The standard InChI is InChI=1S/C18H25N3O3/c1-13(22)21-8-4-15(5-9-21)18(23)20-17-12-24-11-16(17)10-14-2-6-19-7-3-14/h2-3,6-7,15-17H,4-5,8-12H2,1H3,(H,20,23). The minimum atomic E-state index is 0.00257. The quantitative estimate of drug-likeness (QED) is 0.894. The lowest BCUT2D eigenvalue weighted by molar-refractivity contribution is -0.134. The molecule has 0 radical (unpaired) electrons. The van der Waals surface area contributed by atoms with Crippen LogP contribution in [0, 0.1) is 11.8 Å². The number of piperidine rings is 1. The number of aromatic nitrogens is 1.